The maximum atomic E-state index is 12.7. The lowest BCUT2D eigenvalue weighted by molar-refractivity contribution is -0.142. The van der Waals surface area contributed by atoms with Gasteiger partial charge in [-0.15, -0.1) is 0 Å². The number of carboxylic acid groups (broad SMARTS) is 1. The van der Waals surface area contributed by atoms with Gasteiger partial charge in [-0.05, 0) is 27.7 Å². The number of aliphatic hydroxyl groups is 1. The summed E-state index contributed by atoms with van der Waals surface area (Å²) in [6.45, 7) is 5.41. The lowest BCUT2D eigenvalue weighted by atomic mass is 9.84. The highest BCUT2D eigenvalue weighted by atomic mass is 16.5. The van der Waals surface area contributed by atoms with Gasteiger partial charge in [0.2, 0.25) is 5.91 Å². The molecule has 0 saturated heterocycles. The number of fused-ring (bicyclic) bond motifs is 3. The van der Waals surface area contributed by atoms with Gasteiger partial charge in [0, 0.05) is 31.4 Å². The van der Waals surface area contributed by atoms with E-state index in [0.717, 1.165) is 22.3 Å². The molecule has 3 rings (SSSR count). The van der Waals surface area contributed by atoms with Gasteiger partial charge >= 0.3 is 12.1 Å². The van der Waals surface area contributed by atoms with Gasteiger partial charge in [-0.2, -0.15) is 0 Å². The van der Waals surface area contributed by atoms with Gasteiger partial charge in [-0.1, -0.05) is 69.3 Å². The third kappa shape index (κ3) is 5.94. The van der Waals surface area contributed by atoms with Crippen molar-refractivity contribution in [2.24, 2.45) is 5.41 Å². The summed E-state index contributed by atoms with van der Waals surface area (Å²) in [6.07, 6.45) is -0.857. The number of hydrogen-bond acceptors (Lipinski definition) is 5. The summed E-state index contributed by atoms with van der Waals surface area (Å²) in [7, 11) is 0. The van der Waals surface area contributed by atoms with E-state index >= 15 is 0 Å². The molecule has 2 aromatic carbocycles. The zero-order chi connectivity index (χ0) is 24.9. The molecule has 1 aliphatic rings. The van der Waals surface area contributed by atoms with E-state index in [0.29, 0.717) is 0 Å². The molecule has 0 radical (unpaired) electrons. The van der Waals surface area contributed by atoms with Gasteiger partial charge in [0.25, 0.3) is 0 Å². The number of ether oxygens (including phenoxy) is 1. The third-order valence-electron chi connectivity index (χ3n) is 6.12. The molecular weight excluding hydrogens is 436 g/mol. The van der Waals surface area contributed by atoms with Crippen molar-refractivity contribution in [3.8, 4) is 11.1 Å². The van der Waals surface area contributed by atoms with Crippen LogP contribution in [0.3, 0.4) is 0 Å². The van der Waals surface area contributed by atoms with Crippen LogP contribution in [-0.4, -0.2) is 53.5 Å². The van der Waals surface area contributed by atoms with Gasteiger partial charge in [-0.25, -0.2) is 9.59 Å². The monoisotopic (exact) mass is 468 g/mol. The SMILES string of the molecule is CC(C)(C)C(CC(=O)N[C@@H](CCO)C(=O)O)NC(=O)OCC1c2ccccc2-c2ccccc21. The Balaban J connectivity index is 1.64. The maximum absolute atomic E-state index is 12.7. The number of aliphatic hydroxyl groups excluding tert-OH is 1. The molecule has 0 aromatic heterocycles. The van der Waals surface area contributed by atoms with Crippen LogP contribution in [0.15, 0.2) is 48.5 Å². The topological polar surface area (TPSA) is 125 Å². The summed E-state index contributed by atoms with van der Waals surface area (Å²) in [6, 6.07) is 14.3. The first-order valence-corrected chi connectivity index (χ1v) is 11.4. The minimum Gasteiger partial charge on any atom is -0.480 e. The van der Waals surface area contributed by atoms with Crippen molar-refractivity contribution in [2.45, 2.75) is 51.6 Å². The Labute approximate surface area is 199 Å². The molecule has 2 atom stereocenters. The van der Waals surface area contributed by atoms with Crippen LogP contribution in [-0.2, 0) is 14.3 Å². The van der Waals surface area contributed by atoms with Gasteiger partial charge in [0.1, 0.15) is 12.6 Å². The van der Waals surface area contributed by atoms with Gasteiger partial charge in [0.05, 0.1) is 0 Å². The quantitative estimate of drug-likeness (QED) is 0.448. The molecule has 34 heavy (non-hydrogen) atoms. The zero-order valence-electron chi connectivity index (χ0n) is 19.7. The molecule has 0 bridgehead atoms. The summed E-state index contributed by atoms with van der Waals surface area (Å²) in [4.78, 5) is 36.4. The van der Waals surface area contributed by atoms with Crippen molar-refractivity contribution < 1.29 is 29.3 Å². The lowest BCUT2D eigenvalue weighted by Crippen LogP contribution is -2.49. The average molecular weight is 469 g/mol. The van der Waals surface area contributed by atoms with E-state index in [1.165, 1.54) is 0 Å². The van der Waals surface area contributed by atoms with Crippen molar-refractivity contribution in [1.29, 1.82) is 0 Å². The number of carbonyl (C=O) groups is 3. The summed E-state index contributed by atoms with van der Waals surface area (Å²) in [5.41, 5.74) is 3.98. The van der Waals surface area contributed by atoms with E-state index in [9.17, 15) is 19.5 Å². The first-order chi connectivity index (χ1) is 16.1. The molecule has 4 N–H and O–H groups in total. The highest BCUT2D eigenvalue weighted by Gasteiger charge is 2.32. The van der Waals surface area contributed by atoms with Crippen molar-refractivity contribution in [1.82, 2.24) is 10.6 Å². The van der Waals surface area contributed by atoms with Crippen molar-refractivity contribution in [2.75, 3.05) is 13.2 Å². The normalized spacial score (nSPS) is 14.5. The van der Waals surface area contributed by atoms with Crippen LogP contribution in [0, 0.1) is 5.41 Å². The molecule has 2 amide bonds. The van der Waals surface area contributed by atoms with Gasteiger partial charge in [0.15, 0.2) is 0 Å². The van der Waals surface area contributed by atoms with Crippen LogP contribution in [0.1, 0.15) is 50.7 Å². The lowest BCUT2D eigenvalue weighted by Gasteiger charge is -2.31. The molecule has 0 spiro atoms. The van der Waals surface area contributed by atoms with E-state index < -0.39 is 35.5 Å². The Morgan fingerprint density at radius 2 is 1.53 bits per heavy atom. The molecule has 182 valence electrons. The Kier molecular flexibility index (Phi) is 7.94. The van der Waals surface area contributed by atoms with Crippen molar-refractivity contribution in [3.63, 3.8) is 0 Å². The molecule has 8 nitrogen and oxygen atoms in total. The number of hydrogen-bond donors (Lipinski definition) is 4. The number of alkyl carbamates (subject to hydrolysis) is 1. The van der Waals surface area contributed by atoms with Crippen molar-refractivity contribution >= 4 is 18.0 Å². The van der Waals surface area contributed by atoms with Crippen LogP contribution in [0.25, 0.3) is 11.1 Å². The smallest absolute Gasteiger partial charge is 0.407 e. The zero-order valence-corrected chi connectivity index (χ0v) is 19.7. The summed E-state index contributed by atoms with van der Waals surface area (Å²) < 4.78 is 5.60. The molecule has 2 aromatic rings. The highest BCUT2D eigenvalue weighted by molar-refractivity contribution is 5.84. The van der Waals surface area contributed by atoms with Gasteiger partial charge < -0.3 is 25.6 Å². The van der Waals surface area contributed by atoms with Crippen LogP contribution < -0.4 is 10.6 Å². The summed E-state index contributed by atoms with van der Waals surface area (Å²) >= 11 is 0. The summed E-state index contributed by atoms with van der Waals surface area (Å²) in [5.74, 6) is -1.83. The van der Waals surface area contributed by atoms with E-state index in [2.05, 4.69) is 22.8 Å². The fourth-order valence-corrected chi connectivity index (χ4v) is 4.18. The number of carbonyl (C=O) groups excluding carboxylic acids is 2. The second kappa shape index (κ2) is 10.7. The average Bonchev–Trinajstić information content (AvgIpc) is 3.10. The highest BCUT2D eigenvalue weighted by Crippen LogP contribution is 2.44. The van der Waals surface area contributed by atoms with Crippen LogP contribution in [0.2, 0.25) is 0 Å². The Morgan fingerprint density at radius 3 is 2.03 bits per heavy atom. The second-order valence-corrected chi connectivity index (χ2v) is 9.56. The number of benzene rings is 2. The first-order valence-electron chi connectivity index (χ1n) is 11.4. The first kappa shape index (κ1) is 25.2. The van der Waals surface area contributed by atoms with E-state index in [4.69, 9.17) is 9.84 Å². The standard InChI is InChI=1S/C26H32N2O6/c1-26(2,3)22(14-23(30)27-21(12-13-29)24(31)32)28-25(33)34-15-20-18-10-6-4-8-16(18)17-9-5-7-11-19(17)20/h4-11,20-22,29H,12-15H2,1-3H3,(H,27,30)(H,28,33)(H,31,32)/t21-,22?/m0/s1. The second-order valence-electron chi connectivity index (χ2n) is 9.56. The number of rotatable bonds is 9. The van der Waals surface area contributed by atoms with Crippen LogP contribution in [0.5, 0.6) is 0 Å². The fourth-order valence-electron chi connectivity index (χ4n) is 4.18. The predicted molar refractivity (Wildman–Crippen MR) is 127 cm³/mol. The minimum absolute atomic E-state index is 0.0793. The largest absolute Gasteiger partial charge is 0.480 e. The fraction of sp³-hybridized carbons (Fsp3) is 0.423. The Hall–Kier alpha value is -3.39. The Morgan fingerprint density at radius 1 is 0.971 bits per heavy atom. The van der Waals surface area contributed by atoms with Crippen LogP contribution in [0.4, 0.5) is 4.79 Å². The Bertz CT molecular complexity index is 1000. The molecule has 0 aliphatic heterocycles. The van der Waals surface area contributed by atoms with Crippen molar-refractivity contribution in [3.05, 3.63) is 59.7 Å². The number of aliphatic carboxylic acids is 1. The molecule has 8 heteroatoms. The molecule has 1 aliphatic carbocycles. The van der Waals surface area contributed by atoms with E-state index in [-0.39, 0.29) is 32.0 Å². The third-order valence-corrected chi connectivity index (χ3v) is 6.12. The molecule has 0 saturated carbocycles. The van der Waals surface area contributed by atoms with E-state index in [1.54, 1.807) is 0 Å². The number of amides is 2. The minimum atomic E-state index is -1.22. The van der Waals surface area contributed by atoms with E-state index in [1.807, 2.05) is 57.2 Å². The predicted octanol–water partition coefficient (Wildman–Crippen LogP) is 3.28. The van der Waals surface area contributed by atoms with Gasteiger partial charge in [-0.3, -0.25) is 4.79 Å². The molecule has 0 fully saturated rings. The molecular formula is C26H32N2O6. The number of carboxylic acids is 1. The molecule has 1 unspecified atom stereocenters. The number of nitrogens with one attached hydrogen (secondary N) is 2. The van der Waals surface area contributed by atoms with Crippen LogP contribution >= 0.6 is 0 Å². The summed E-state index contributed by atoms with van der Waals surface area (Å²) in [5, 5.41) is 23.4. The maximum Gasteiger partial charge on any atom is 0.407 e. The molecule has 0 heterocycles.